The fraction of sp³-hybridized carbons (Fsp3) is 0.308. The van der Waals surface area contributed by atoms with Crippen molar-refractivity contribution in [1.82, 2.24) is 9.78 Å². The maximum atomic E-state index is 9.36. The lowest BCUT2D eigenvalue weighted by Crippen LogP contribution is -2.01. The molecule has 90 valence electrons. The summed E-state index contributed by atoms with van der Waals surface area (Å²) in [6, 6.07) is 7.73. The summed E-state index contributed by atoms with van der Waals surface area (Å²) in [7, 11) is 1.90. The van der Waals surface area contributed by atoms with E-state index in [4.69, 9.17) is 11.6 Å². The van der Waals surface area contributed by atoms with Gasteiger partial charge in [-0.3, -0.25) is 4.68 Å². The van der Waals surface area contributed by atoms with Crippen molar-refractivity contribution in [2.75, 3.05) is 0 Å². The first-order valence-electron chi connectivity index (χ1n) is 5.48. The molecule has 0 aliphatic carbocycles. The van der Waals surface area contributed by atoms with E-state index in [1.807, 2.05) is 42.9 Å². The number of rotatable bonds is 3. The molecule has 2 rings (SSSR count). The first-order valence-corrected chi connectivity index (χ1v) is 5.86. The van der Waals surface area contributed by atoms with Crippen LogP contribution < -0.4 is 0 Å². The summed E-state index contributed by atoms with van der Waals surface area (Å²) in [5.74, 6) is 0. The van der Waals surface area contributed by atoms with Crippen LogP contribution in [-0.2, 0) is 20.1 Å². The molecule has 0 aliphatic rings. The van der Waals surface area contributed by atoms with Crippen LogP contribution in [0.25, 0.3) is 0 Å². The van der Waals surface area contributed by atoms with Crippen molar-refractivity contribution < 1.29 is 5.11 Å². The van der Waals surface area contributed by atoms with E-state index in [-0.39, 0.29) is 6.61 Å². The third kappa shape index (κ3) is 2.51. The molecular formula is C13H15ClN2O. The molecule has 17 heavy (non-hydrogen) atoms. The highest BCUT2D eigenvalue weighted by molar-refractivity contribution is 6.30. The Morgan fingerprint density at radius 1 is 1.29 bits per heavy atom. The number of aliphatic hydroxyl groups is 1. The van der Waals surface area contributed by atoms with Gasteiger partial charge in [-0.25, -0.2) is 0 Å². The first-order chi connectivity index (χ1) is 8.11. The molecule has 1 heterocycles. The number of aliphatic hydroxyl groups excluding tert-OH is 1. The van der Waals surface area contributed by atoms with E-state index in [0.717, 1.165) is 34.0 Å². The summed E-state index contributed by atoms with van der Waals surface area (Å²) in [6.07, 6.45) is 0.754. The zero-order chi connectivity index (χ0) is 12.4. The van der Waals surface area contributed by atoms with Crippen LogP contribution in [0, 0.1) is 6.92 Å². The maximum Gasteiger partial charge on any atom is 0.0718 e. The lowest BCUT2D eigenvalue weighted by Gasteiger charge is -2.05. The van der Waals surface area contributed by atoms with Crippen molar-refractivity contribution in [3.8, 4) is 0 Å². The van der Waals surface area contributed by atoms with Crippen LogP contribution in [0.5, 0.6) is 0 Å². The van der Waals surface area contributed by atoms with Crippen molar-refractivity contribution in [3.63, 3.8) is 0 Å². The molecule has 0 saturated carbocycles. The van der Waals surface area contributed by atoms with E-state index in [1.165, 1.54) is 0 Å². The second-order valence-corrected chi connectivity index (χ2v) is 4.53. The van der Waals surface area contributed by atoms with Crippen LogP contribution in [0.4, 0.5) is 0 Å². The Labute approximate surface area is 106 Å². The van der Waals surface area contributed by atoms with Crippen molar-refractivity contribution in [3.05, 3.63) is 51.8 Å². The number of hydrogen-bond donors (Lipinski definition) is 1. The zero-order valence-corrected chi connectivity index (χ0v) is 10.7. The minimum absolute atomic E-state index is 0.0304. The lowest BCUT2D eigenvalue weighted by atomic mass is 10.1. The molecule has 0 unspecified atom stereocenters. The predicted octanol–water partition coefficient (Wildman–Crippen LogP) is 2.47. The molecule has 0 spiro atoms. The van der Waals surface area contributed by atoms with Crippen molar-refractivity contribution in [1.29, 1.82) is 0 Å². The molecule has 2 aromatic rings. The van der Waals surface area contributed by atoms with Gasteiger partial charge in [0.15, 0.2) is 0 Å². The van der Waals surface area contributed by atoms with Gasteiger partial charge in [0.2, 0.25) is 0 Å². The van der Waals surface area contributed by atoms with Crippen LogP contribution in [0.1, 0.15) is 22.5 Å². The van der Waals surface area contributed by atoms with Gasteiger partial charge in [0.1, 0.15) is 0 Å². The Morgan fingerprint density at radius 3 is 2.53 bits per heavy atom. The molecule has 1 aromatic heterocycles. The topological polar surface area (TPSA) is 38.0 Å². The van der Waals surface area contributed by atoms with Crippen molar-refractivity contribution in [2.45, 2.75) is 20.0 Å². The third-order valence-corrected chi connectivity index (χ3v) is 3.17. The molecule has 1 aromatic carbocycles. The van der Waals surface area contributed by atoms with Gasteiger partial charge in [-0.2, -0.15) is 5.10 Å². The van der Waals surface area contributed by atoms with E-state index in [0.29, 0.717) is 0 Å². The number of halogens is 1. The summed E-state index contributed by atoms with van der Waals surface area (Å²) in [5, 5.41) is 14.4. The van der Waals surface area contributed by atoms with Gasteiger partial charge < -0.3 is 5.11 Å². The quantitative estimate of drug-likeness (QED) is 0.909. The number of benzene rings is 1. The van der Waals surface area contributed by atoms with E-state index in [1.54, 1.807) is 0 Å². The van der Waals surface area contributed by atoms with Crippen LogP contribution in [0.15, 0.2) is 24.3 Å². The Balaban J connectivity index is 2.32. The van der Waals surface area contributed by atoms with E-state index >= 15 is 0 Å². The Morgan fingerprint density at radius 2 is 1.94 bits per heavy atom. The molecule has 0 bridgehead atoms. The molecule has 0 atom stereocenters. The molecule has 4 heteroatoms. The van der Waals surface area contributed by atoms with Gasteiger partial charge in [0.25, 0.3) is 0 Å². The van der Waals surface area contributed by atoms with Crippen LogP contribution in [-0.4, -0.2) is 14.9 Å². The molecular weight excluding hydrogens is 236 g/mol. The first kappa shape index (κ1) is 12.1. The van der Waals surface area contributed by atoms with E-state index in [2.05, 4.69) is 5.10 Å². The van der Waals surface area contributed by atoms with Gasteiger partial charge in [0, 0.05) is 29.7 Å². The van der Waals surface area contributed by atoms with Gasteiger partial charge in [-0.1, -0.05) is 23.7 Å². The minimum atomic E-state index is 0.0304. The number of nitrogens with zero attached hydrogens (tertiary/aromatic N) is 2. The zero-order valence-electron chi connectivity index (χ0n) is 9.94. The van der Waals surface area contributed by atoms with Gasteiger partial charge in [-0.05, 0) is 24.6 Å². The van der Waals surface area contributed by atoms with Gasteiger partial charge >= 0.3 is 0 Å². The number of aryl methyl sites for hydroxylation is 2. The Hall–Kier alpha value is -1.32. The summed E-state index contributed by atoms with van der Waals surface area (Å²) in [6.45, 7) is 1.94. The highest BCUT2D eigenvalue weighted by Gasteiger charge is 2.12. The Bertz CT molecular complexity index is 517. The monoisotopic (exact) mass is 250 g/mol. The maximum absolute atomic E-state index is 9.36. The molecule has 0 aliphatic heterocycles. The molecule has 3 nitrogen and oxygen atoms in total. The fourth-order valence-corrected chi connectivity index (χ4v) is 2.10. The van der Waals surface area contributed by atoms with Crippen molar-refractivity contribution in [2.24, 2.45) is 7.05 Å². The normalized spacial score (nSPS) is 10.8. The van der Waals surface area contributed by atoms with Crippen molar-refractivity contribution >= 4 is 11.6 Å². The highest BCUT2D eigenvalue weighted by Crippen LogP contribution is 2.18. The molecule has 0 radical (unpaired) electrons. The summed E-state index contributed by atoms with van der Waals surface area (Å²) < 4.78 is 1.83. The minimum Gasteiger partial charge on any atom is -0.392 e. The third-order valence-electron chi connectivity index (χ3n) is 2.92. The van der Waals surface area contributed by atoms with Crippen LogP contribution in [0.2, 0.25) is 5.02 Å². The molecule has 0 saturated heterocycles. The largest absolute Gasteiger partial charge is 0.392 e. The second-order valence-electron chi connectivity index (χ2n) is 4.10. The van der Waals surface area contributed by atoms with Gasteiger partial charge in [-0.15, -0.1) is 0 Å². The summed E-state index contributed by atoms with van der Waals surface area (Å²) >= 11 is 5.85. The van der Waals surface area contributed by atoms with Crippen LogP contribution in [0.3, 0.4) is 0 Å². The van der Waals surface area contributed by atoms with Gasteiger partial charge in [0.05, 0.1) is 12.3 Å². The average Bonchev–Trinajstić information content (AvgIpc) is 2.57. The SMILES string of the molecule is Cc1nn(C)c(Cc2ccc(Cl)cc2)c1CO. The Kier molecular flexibility index (Phi) is 3.50. The fourth-order valence-electron chi connectivity index (χ4n) is 1.97. The molecule has 0 amide bonds. The molecule has 0 fully saturated rings. The van der Waals surface area contributed by atoms with E-state index < -0.39 is 0 Å². The standard InChI is InChI=1S/C13H15ClN2O/c1-9-12(8-17)13(16(2)15-9)7-10-3-5-11(14)6-4-10/h3-6,17H,7-8H2,1-2H3. The summed E-state index contributed by atoms with van der Waals surface area (Å²) in [4.78, 5) is 0. The van der Waals surface area contributed by atoms with E-state index in [9.17, 15) is 5.11 Å². The number of hydrogen-bond acceptors (Lipinski definition) is 2. The molecule has 1 N–H and O–H groups in total. The second kappa shape index (κ2) is 4.90. The smallest absolute Gasteiger partial charge is 0.0718 e. The summed E-state index contributed by atoms with van der Waals surface area (Å²) in [5.41, 5.74) is 4.01. The average molecular weight is 251 g/mol. The lowest BCUT2D eigenvalue weighted by molar-refractivity contribution is 0.280. The predicted molar refractivity (Wildman–Crippen MR) is 68.1 cm³/mol. The highest BCUT2D eigenvalue weighted by atomic mass is 35.5. The van der Waals surface area contributed by atoms with Crippen LogP contribution >= 0.6 is 11.6 Å². The number of aromatic nitrogens is 2.